The summed E-state index contributed by atoms with van der Waals surface area (Å²) in [6, 6.07) is 11.7. The first-order chi connectivity index (χ1) is 10.6. The molecule has 112 valence electrons. The summed E-state index contributed by atoms with van der Waals surface area (Å²) >= 11 is 0. The van der Waals surface area contributed by atoms with E-state index >= 15 is 0 Å². The molecule has 3 rings (SSSR count). The van der Waals surface area contributed by atoms with Gasteiger partial charge in [-0.25, -0.2) is 0 Å². The molecule has 0 radical (unpaired) electrons. The van der Waals surface area contributed by atoms with Gasteiger partial charge >= 0.3 is 5.69 Å². The quantitative estimate of drug-likeness (QED) is 0.695. The molecule has 0 unspecified atom stereocenters. The van der Waals surface area contributed by atoms with Gasteiger partial charge in [0.2, 0.25) is 0 Å². The molecule has 0 bridgehead atoms. The summed E-state index contributed by atoms with van der Waals surface area (Å²) in [6.45, 7) is 0. The van der Waals surface area contributed by atoms with Crippen LogP contribution in [0.3, 0.4) is 0 Å². The van der Waals surface area contributed by atoms with E-state index in [1.807, 2.05) is 12.1 Å². The summed E-state index contributed by atoms with van der Waals surface area (Å²) in [5.41, 5.74) is 1.09. The highest BCUT2D eigenvalue weighted by atomic mass is 16.6. The van der Waals surface area contributed by atoms with E-state index in [0.717, 1.165) is 0 Å². The Bertz CT molecular complexity index is 769. The molecule has 1 aliphatic heterocycles. The van der Waals surface area contributed by atoms with Gasteiger partial charge in [0, 0.05) is 11.6 Å². The number of nitro benzene ring substituents is 1. The highest BCUT2D eigenvalue weighted by Gasteiger charge is 2.27. The molecule has 22 heavy (non-hydrogen) atoms. The van der Waals surface area contributed by atoms with Crippen molar-refractivity contribution in [3.05, 3.63) is 69.5 Å². The van der Waals surface area contributed by atoms with Gasteiger partial charge in [-0.1, -0.05) is 24.3 Å². The number of ether oxygens (including phenoxy) is 2. The summed E-state index contributed by atoms with van der Waals surface area (Å²) in [4.78, 5) is 10.5. The minimum absolute atomic E-state index is 0.137. The molecule has 1 heterocycles. The van der Waals surface area contributed by atoms with E-state index in [4.69, 9.17) is 9.47 Å². The summed E-state index contributed by atoms with van der Waals surface area (Å²) < 4.78 is 10.6. The third kappa shape index (κ3) is 2.40. The smallest absolute Gasteiger partial charge is 0.311 e. The Kier molecular flexibility index (Phi) is 3.52. The van der Waals surface area contributed by atoms with Crippen LogP contribution in [0, 0.1) is 10.1 Å². The molecule has 2 aromatic carbocycles. The van der Waals surface area contributed by atoms with Crippen LogP contribution in [0.25, 0.3) is 6.08 Å². The van der Waals surface area contributed by atoms with Crippen LogP contribution in [-0.2, 0) is 0 Å². The third-order valence-electron chi connectivity index (χ3n) is 3.42. The minimum atomic E-state index is -0.877. The van der Waals surface area contributed by atoms with E-state index in [-0.39, 0.29) is 11.4 Å². The van der Waals surface area contributed by atoms with Gasteiger partial charge in [-0.05, 0) is 23.8 Å². The lowest BCUT2D eigenvalue weighted by Crippen LogP contribution is -1.98. The molecule has 0 aromatic heterocycles. The van der Waals surface area contributed by atoms with Gasteiger partial charge in [0.25, 0.3) is 0 Å². The molecular formula is C16H13NO5. The molecule has 1 atom stereocenters. The van der Waals surface area contributed by atoms with Crippen molar-refractivity contribution in [2.24, 2.45) is 0 Å². The highest BCUT2D eigenvalue weighted by Crippen LogP contribution is 2.39. The molecule has 0 amide bonds. The number of nitro groups is 1. The number of fused-ring (bicyclic) bond motifs is 1. The second-order valence-corrected chi connectivity index (χ2v) is 4.78. The number of benzene rings is 2. The summed E-state index contributed by atoms with van der Waals surface area (Å²) in [7, 11) is 1.38. The molecule has 6 nitrogen and oxygen atoms in total. The zero-order chi connectivity index (χ0) is 15.7. The molecule has 0 saturated heterocycles. The Morgan fingerprint density at radius 1 is 1.32 bits per heavy atom. The Labute approximate surface area is 126 Å². The van der Waals surface area contributed by atoms with Gasteiger partial charge in [-0.2, -0.15) is 0 Å². The number of hydrogen-bond acceptors (Lipinski definition) is 5. The first kappa shape index (κ1) is 14.1. The van der Waals surface area contributed by atoms with Crippen molar-refractivity contribution >= 4 is 11.8 Å². The molecule has 6 heteroatoms. The zero-order valence-corrected chi connectivity index (χ0v) is 11.7. The lowest BCUT2D eigenvalue weighted by atomic mass is 10.1. The number of methoxy groups -OCH3 is 1. The van der Waals surface area contributed by atoms with E-state index in [1.54, 1.807) is 24.3 Å². The predicted octanol–water partition coefficient (Wildman–Crippen LogP) is 3.07. The van der Waals surface area contributed by atoms with Gasteiger partial charge in [-0.15, -0.1) is 0 Å². The lowest BCUT2D eigenvalue weighted by molar-refractivity contribution is -0.385. The second kappa shape index (κ2) is 5.50. The number of rotatable bonds is 3. The van der Waals surface area contributed by atoms with Crippen LogP contribution in [-0.4, -0.2) is 17.1 Å². The Hall–Kier alpha value is -2.86. The first-order valence-electron chi connectivity index (χ1n) is 6.59. The molecule has 1 N–H and O–H groups in total. The summed E-state index contributed by atoms with van der Waals surface area (Å²) in [5.74, 6) is 1.10. The fourth-order valence-corrected chi connectivity index (χ4v) is 2.35. The Balaban J connectivity index is 1.97. The van der Waals surface area contributed by atoms with Gasteiger partial charge in [0.05, 0.1) is 12.0 Å². The molecule has 1 aliphatic rings. The number of para-hydroxylation sites is 1. The molecule has 2 aromatic rings. The van der Waals surface area contributed by atoms with Crippen LogP contribution < -0.4 is 9.47 Å². The van der Waals surface area contributed by atoms with E-state index in [2.05, 4.69) is 0 Å². The fraction of sp³-hybridized carbons (Fsp3) is 0.125. The van der Waals surface area contributed by atoms with Crippen molar-refractivity contribution in [3.63, 3.8) is 0 Å². The fourth-order valence-electron chi connectivity index (χ4n) is 2.35. The van der Waals surface area contributed by atoms with Crippen LogP contribution in [0.15, 0.2) is 48.2 Å². The number of aliphatic hydroxyl groups is 1. The second-order valence-electron chi connectivity index (χ2n) is 4.78. The zero-order valence-electron chi connectivity index (χ0n) is 11.7. The lowest BCUT2D eigenvalue weighted by Gasteiger charge is -2.05. The molecular weight excluding hydrogens is 286 g/mol. The first-order valence-corrected chi connectivity index (χ1v) is 6.59. The molecule has 0 fully saturated rings. The minimum Gasteiger partial charge on any atom is -0.490 e. The van der Waals surface area contributed by atoms with Crippen molar-refractivity contribution in [2.75, 3.05) is 7.11 Å². The van der Waals surface area contributed by atoms with Gasteiger partial charge in [0.15, 0.2) is 5.75 Å². The van der Waals surface area contributed by atoms with Crippen LogP contribution in [0.4, 0.5) is 5.69 Å². The topological polar surface area (TPSA) is 81.8 Å². The maximum Gasteiger partial charge on any atom is 0.311 e. The van der Waals surface area contributed by atoms with Crippen LogP contribution in [0.1, 0.15) is 17.2 Å². The predicted molar refractivity (Wildman–Crippen MR) is 79.7 cm³/mol. The molecule has 0 saturated carbocycles. The summed E-state index contributed by atoms with van der Waals surface area (Å²) in [5, 5.41) is 21.3. The van der Waals surface area contributed by atoms with Crippen molar-refractivity contribution in [2.45, 2.75) is 6.10 Å². The van der Waals surface area contributed by atoms with Gasteiger partial charge in [-0.3, -0.25) is 10.1 Å². The van der Waals surface area contributed by atoms with Crippen molar-refractivity contribution < 1.29 is 19.5 Å². The Morgan fingerprint density at radius 2 is 2.09 bits per heavy atom. The van der Waals surface area contributed by atoms with Crippen molar-refractivity contribution in [1.29, 1.82) is 0 Å². The van der Waals surface area contributed by atoms with E-state index in [9.17, 15) is 15.2 Å². The maximum atomic E-state index is 11.0. The number of nitrogens with zero attached hydrogens (tertiary/aromatic N) is 1. The molecule has 0 aliphatic carbocycles. The highest BCUT2D eigenvalue weighted by molar-refractivity contribution is 5.62. The SMILES string of the molecule is COc1ccc(/C=C2\Oc3ccccc3[C@H]2O)cc1[N+](=O)[O-]. The van der Waals surface area contributed by atoms with Gasteiger partial charge in [0.1, 0.15) is 17.6 Å². The van der Waals surface area contributed by atoms with E-state index in [0.29, 0.717) is 22.6 Å². The van der Waals surface area contributed by atoms with Crippen molar-refractivity contribution in [3.8, 4) is 11.5 Å². The number of hydrogen-bond donors (Lipinski definition) is 1. The number of aliphatic hydroxyl groups excluding tert-OH is 1. The average Bonchev–Trinajstić information content (AvgIpc) is 2.84. The van der Waals surface area contributed by atoms with Gasteiger partial charge < -0.3 is 14.6 Å². The van der Waals surface area contributed by atoms with Crippen molar-refractivity contribution in [1.82, 2.24) is 0 Å². The van der Waals surface area contributed by atoms with Crippen LogP contribution in [0.2, 0.25) is 0 Å². The largest absolute Gasteiger partial charge is 0.490 e. The van der Waals surface area contributed by atoms with E-state index in [1.165, 1.54) is 19.2 Å². The van der Waals surface area contributed by atoms with Crippen LogP contribution in [0.5, 0.6) is 11.5 Å². The molecule has 0 spiro atoms. The Morgan fingerprint density at radius 3 is 2.77 bits per heavy atom. The van der Waals surface area contributed by atoms with E-state index < -0.39 is 11.0 Å². The maximum absolute atomic E-state index is 11.0. The average molecular weight is 299 g/mol. The summed E-state index contributed by atoms with van der Waals surface area (Å²) in [6.07, 6.45) is 0.703. The van der Waals surface area contributed by atoms with Crippen LogP contribution >= 0.6 is 0 Å². The normalized spacial score (nSPS) is 17.9. The third-order valence-corrected chi connectivity index (χ3v) is 3.42. The standard InChI is InChI=1S/C16H13NO5/c1-21-14-7-6-10(8-12(14)17(19)20)9-15-16(18)11-4-2-3-5-13(11)22-15/h2-9,16,18H,1H3/b15-9-/t16-/m1/s1. The monoisotopic (exact) mass is 299 g/mol.